The van der Waals surface area contributed by atoms with Gasteiger partial charge in [0.15, 0.2) is 0 Å². The summed E-state index contributed by atoms with van der Waals surface area (Å²) in [4.78, 5) is 24.6. The Labute approximate surface area is 119 Å². The first kappa shape index (κ1) is 16.6. The summed E-state index contributed by atoms with van der Waals surface area (Å²) < 4.78 is 10.0. The number of carbonyl (C=O) groups excluding carboxylic acids is 2. The van der Waals surface area contributed by atoms with Crippen LogP contribution in [0.15, 0.2) is 0 Å². The third-order valence-electron chi connectivity index (χ3n) is 2.81. The molecule has 1 fully saturated rings. The lowest BCUT2D eigenvalue weighted by Crippen LogP contribution is -2.55. The van der Waals surface area contributed by atoms with Crippen molar-refractivity contribution in [1.29, 1.82) is 0 Å². The first-order chi connectivity index (χ1) is 9.23. The second-order valence-electron chi connectivity index (χ2n) is 5.75. The van der Waals surface area contributed by atoms with E-state index in [1.807, 2.05) is 0 Å². The molecule has 20 heavy (non-hydrogen) atoms. The Morgan fingerprint density at radius 1 is 1.40 bits per heavy atom. The minimum absolute atomic E-state index is 0.138. The second-order valence-corrected chi connectivity index (χ2v) is 5.75. The van der Waals surface area contributed by atoms with Gasteiger partial charge in [0.25, 0.3) is 0 Å². The first-order valence-electron chi connectivity index (χ1n) is 6.82. The molecule has 1 saturated heterocycles. The number of rotatable bonds is 2. The molecule has 2 amide bonds. The maximum Gasteiger partial charge on any atom is 0.409 e. The van der Waals surface area contributed by atoms with Gasteiger partial charge in [-0.3, -0.25) is 0 Å². The van der Waals surface area contributed by atoms with Crippen LogP contribution in [0.1, 0.15) is 34.1 Å². The SMILES string of the molecule is CCOC(=O)N1CC[C@H](NC(=O)OC(C)(C)C)[C@H](O)C1. The molecule has 1 heterocycles. The number of piperidine rings is 1. The molecule has 0 saturated carbocycles. The fraction of sp³-hybridized carbons (Fsp3) is 0.846. The molecule has 1 aliphatic heterocycles. The summed E-state index contributed by atoms with van der Waals surface area (Å²) in [6.45, 7) is 7.90. The van der Waals surface area contributed by atoms with Crippen molar-refractivity contribution in [2.45, 2.75) is 51.9 Å². The van der Waals surface area contributed by atoms with Gasteiger partial charge in [0.05, 0.1) is 25.3 Å². The number of hydrogen-bond acceptors (Lipinski definition) is 5. The van der Waals surface area contributed by atoms with Gasteiger partial charge in [-0.1, -0.05) is 0 Å². The van der Waals surface area contributed by atoms with E-state index in [0.29, 0.717) is 19.6 Å². The molecular formula is C13H24N2O5. The van der Waals surface area contributed by atoms with E-state index in [1.54, 1.807) is 27.7 Å². The molecule has 0 spiro atoms. The molecule has 116 valence electrons. The lowest BCUT2D eigenvalue weighted by atomic mass is 10.0. The highest BCUT2D eigenvalue weighted by atomic mass is 16.6. The van der Waals surface area contributed by atoms with Gasteiger partial charge in [0, 0.05) is 6.54 Å². The largest absolute Gasteiger partial charge is 0.450 e. The topological polar surface area (TPSA) is 88.1 Å². The molecule has 7 heteroatoms. The number of likely N-dealkylation sites (tertiary alicyclic amines) is 1. The quantitative estimate of drug-likeness (QED) is 0.794. The predicted octanol–water partition coefficient (Wildman–Crippen LogP) is 1.10. The van der Waals surface area contributed by atoms with Crippen LogP contribution in [0.4, 0.5) is 9.59 Å². The molecule has 2 atom stereocenters. The Hall–Kier alpha value is -1.50. The summed E-state index contributed by atoms with van der Waals surface area (Å²) in [5.41, 5.74) is -0.583. The molecule has 7 nitrogen and oxygen atoms in total. The zero-order valence-electron chi connectivity index (χ0n) is 12.5. The van der Waals surface area contributed by atoms with E-state index in [0.717, 1.165) is 0 Å². The fourth-order valence-corrected chi connectivity index (χ4v) is 1.94. The number of alkyl carbamates (subject to hydrolysis) is 1. The van der Waals surface area contributed by atoms with Gasteiger partial charge in [-0.05, 0) is 34.1 Å². The number of aliphatic hydroxyl groups excluding tert-OH is 1. The van der Waals surface area contributed by atoms with Crippen LogP contribution in [0.3, 0.4) is 0 Å². The van der Waals surface area contributed by atoms with Crippen LogP contribution in [-0.2, 0) is 9.47 Å². The van der Waals surface area contributed by atoms with Crippen LogP contribution < -0.4 is 5.32 Å². The van der Waals surface area contributed by atoms with E-state index < -0.39 is 29.9 Å². The Morgan fingerprint density at radius 2 is 2.05 bits per heavy atom. The van der Waals surface area contributed by atoms with Gasteiger partial charge in [0.2, 0.25) is 0 Å². The highest BCUT2D eigenvalue weighted by Gasteiger charge is 2.32. The van der Waals surface area contributed by atoms with Crippen LogP contribution >= 0.6 is 0 Å². The maximum absolute atomic E-state index is 11.6. The van der Waals surface area contributed by atoms with Gasteiger partial charge in [-0.15, -0.1) is 0 Å². The number of β-amino-alcohol motifs (C(OH)–C–C–N with tert-alkyl or cyclic N) is 1. The summed E-state index contributed by atoms with van der Waals surface area (Å²) in [6.07, 6.45) is -1.38. The molecule has 0 bridgehead atoms. The van der Waals surface area contributed by atoms with Crippen molar-refractivity contribution < 1.29 is 24.2 Å². The summed E-state index contributed by atoms with van der Waals surface area (Å²) >= 11 is 0. The minimum Gasteiger partial charge on any atom is -0.450 e. The van der Waals surface area contributed by atoms with Gasteiger partial charge in [-0.2, -0.15) is 0 Å². The van der Waals surface area contributed by atoms with Crippen LogP contribution in [0.5, 0.6) is 0 Å². The average Bonchev–Trinajstić information content (AvgIpc) is 2.29. The summed E-state index contributed by atoms with van der Waals surface area (Å²) in [7, 11) is 0. The Balaban J connectivity index is 2.45. The third kappa shape index (κ3) is 5.24. The maximum atomic E-state index is 11.6. The van der Waals surface area contributed by atoms with Crippen molar-refractivity contribution in [3.05, 3.63) is 0 Å². The van der Waals surface area contributed by atoms with E-state index in [1.165, 1.54) is 4.90 Å². The molecule has 1 rings (SSSR count). The summed E-state index contributed by atoms with van der Waals surface area (Å²) in [5.74, 6) is 0. The summed E-state index contributed by atoms with van der Waals surface area (Å²) in [6, 6.07) is -0.421. The molecule has 0 aliphatic carbocycles. The number of nitrogens with one attached hydrogen (secondary N) is 1. The van der Waals surface area contributed by atoms with Crippen LogP contribution in [0, 0.1) is 0 Å². The highest BCUT2D eigenvalue weighted by molar-refractivity contribution is 5.69. The lowest BCUT2D eigenvalue weighted by molar-refractivity contribution is 0.0175. The number of ether oxygens (including phenoxy) is 2. The minimum atomic E-state index is -0.833. The Kier molecular flexibility index (Phi) is 5.62. The van der Waals surface area contributed by atoms with Gasteiger partial charge in [0.1, 0.15) is 5.60 Å². The van der Waals surface area contributed by atoms with Crippen molar-refractivity contribution in [3.63, 3.8) is 0 Å². The molecule has 1 aliphatic rings. The molecule has 2 N–H and O–H groups in total. The van der Waals surface area contributed by atoms with Crippen LogP contribution in [0.25, 0.3) is 0 Å². The van der Waals surface area contributed by atoms with Crippen molar-refractivity contribution in [2.24, 2.45) is 0 Å². The van der Waals surface area contributed by atoms with E-state index in [4.69, 9.17) is 9.47 Å². The van der Waals surface area contributed by atoms with Crippen molar-refractivity contribution in [1.82, 2.24) is 10.2 Å². The van der Waals surface area contributed by atoms with Gasteiger partial charge >= 0.3 is 12.2 Å². The average molecular weight is 288 g/mol. The Morgan fingerprint density at radius 3 is 2.55 bits per heavy atom. The lowest BCUT2D eigenvalue weighted by Gasteiger charge is -2.35. The standard InChI is InChI=1S/C13H24N2O5/c1-5-19-12(18)15-7-6-9(10(16)8-15)14-11(17)20-13(2,3)4/h9-10,16H,5-8H2,1-4H3,(H,14,17)/t9-,10+/m0/s1. The van der Waals surface area contributed by atoms with Crippen molar-refractivity contribution in [3.8, 4) is 0 Å². The molecule has 0 unspecified atom stereocenters. The van der Waals surface area contributed by atoms with Crippen molar-refractivity contribution >= 4 is 12.2 Å². The first-order valence-corrected chi connectivity index (χ1v) is 6.82. The van der Waals surface area contributed by atoms with E-state index >= 15 is 0 Å². The van der Waals surface area contributed by atoms with E-state index in [2.05, 4.69) is 5.32 Å². The predicted molar refractivity (Wildman–Crippen MR) is 72.4 cm³/mol. The zero-order valence-corrected chi connectivity index (χ0v) is 12.5. The van der Waals surface area contributed by atoms with Crippen LogP contribution in [-0.4, -0.2) is 59.6 Å². The molecular weight excluding hydrogens is 264 g/mol. The number of carbonyl (C=O) groups is 2. The molecule has 0 aromatic rings. The van der Waals surface area contributed by atoms with Crippen molar-refractivity contribution in [2.75, 3.05) is 19.7 Å². The van der Waals surface area contributed by atoms with Gasteiger partial charge < -0.3 is 24.8 Å². The fourth-order valence-electron chi connectivity index (χ4n) is 1.94. The number of hydrogen-bond donors (Lipinski definition) is 2. The molecule has 0 aromatic carbocycles. The van der Waals surface area contributed by atoms with Crippen LogP contribution in [0.2, 0.25) is 0 Å². The number of amides is 2. The molecule has 0 aromatic heterocycles. The van der Waals surface area contributed by atoms with Gasteiger partial charge in [-0.25, -0.2) is 9.59 Å². The monoisotopic (exact) mass is 288 g/mol. The summed E-state index contributed by atoms with van der Waals surface area (Å²) in [5, 5.41) is 12.6. The number of nitrogens with zero attached hydrogens (tertiary/aromatic N) is 1. The van der Waals surface area contributed by atoms with E-state index in [-0.39, 0.29) is 6.54 Å². The Bertz CT molecular complexity index is 353. The smallest absolute Gasteiger partial charge is 0.409 e. The second kappa shape index (κ2) is 6.78. The third-order valence-corrected chi connectivity index (χ3v) is 2.81. The molecule has 0 radical (unpaired) electrons. The normalized spacial score (nSPS) is 23.1. The number of aliphatic hydroxyl groups is 1. The van der Waals surface area contributed by atoms with E-state index in [9.17, 15) is 14.7 Å². The zero-order chi connectivity index (χ0) is 15.3. The highest BCUT2D eigenvalue weighted by Crippen LogP contribution is 2.14.